The van der Waals surface area contributed by atoms with Gasteiger partial charge in [0.25, 0.3) is 0 Å². The third kappa shape index (κ3) is 4.24. The van der Waals surface area contributed by atoms with Crippen LogP contribution in [0.3, 0.4) is 0 Å². The van der Waals surface area contributed by atoms with Crippen LogP contribution in [0.15, 0.2) is 18.2 Å². The molecule has 5 heteroatoms. The fourth-order valence-electron chi connectivity index (χ4n) is 1.42. The molecule has 4 nitrogen and oxygen atoms in total. The van der Waals surface area contributed by atoms with E-state index >= 15 is 0 Å². The second-order valence-electron chi connectivity index (χ2n) is 3.79. The van der Waals surface area contributed by atoms with Gasteiger partial charge in [0.05, 0.1) is 13.2 Å². The van der Waals surface area contributed by atoms with Crippen molar-refractivity contribution < 1.29 is 9.53 Å². The summed E-state index contributed by atoms with van der Waals surface area (Å²) < 4.78 is 5.21. The number of methoxy groups -OCH3 is 1. The summed E-state index contributed by atoms with van der Waals surface area (Å²) in [6.07, 6.45) is 0.655. The van der Waals surface area contributed by atoms with Crippen LogP contribution in [0, 0.1) is 0 Å². The molecule has 17 heavy (non-hydrogen) atoms. The molecule has 0 fully saturated rings. The quantitative estimate of drug-likeness (QED) is 0.836. The van der Waals surface area contributed by atoms with Crippen LogP contribution in [0.5, 0.6) is 5.75 Å². The first-order valence-corrected chi connectivity index (χ1v) is 5.78. The molecule has 0 radical (unpaired) electrons. The van der Waals surface area contributed by atoms with Crippen molar-refractivity contribution in [3.8, 4) is 5.75 Å². The van der Waals surface area contributed by atoms with E-state index in [1.165, 1.54) is 0 Å². The van der Waals surface area contributed by atoms with Crippen molar-refractivity contribution in [3.05, 3.63) is 28.8 Å². The van der Waals surface area contributed by atoms with Gasteiger partial charge < -0.3 is 15.8 Å². The molecule has 0 aromatic heterocycles. The molecule has 0 heterocycles. The highest BCUT2D eigenvalue weighted by atomic mass is 35.5. The van der Waals surface area contributed by atoms with Crippen molar-refractivity contribution in [2.75, 3.05) is 13.7 Å². The van der Waals surface area contributed by atoms with E-state index in [1.807, 2.05) is 12.1 Å². The SMILES string of the molecule is COc1ccc(Cl)cc1CCNC(=O)C(C)N. The molecule has 1 unspecified atom stereocenters. The number of nitrogens with two attached hydrogens (primary N) is 1. The monoisotopic (exact) mass is 256 g/mol. The van der Waals surface area contributed by atoms with Crippen LogP contribution in [-0.4, -0.2) is 25.6 Å². The number of amides is 1. The first-order valence-electron chi connectivity index (χ1n) is 5.40. The summed E-state index contributed by atoms with van der Waals surface area (Å²) in [5.74, 6) is 0.607. The van der Waals surface area contributed by atoms with E-state index in [0.717, 1.165) is 11.3 Å². The Morgan fingerprint density at radius 3 is 2.88 bits per heavy atom. The first kappa shape index (κ1) is 13.8. The van der Waals surface area contributed by atoms with Gasteiger partial charge in [-0.2, -0.15) is 0 Å². The molecule has 3 N–H and O–H groups in total. The highest BCUT2D eigenvalue weighted by Gasteiger charge is 2.07. The van der Waals surface area contributed by atoms with Gasteiger partial charge in [0.1, 0.15) is 5.75 Å². The molecule has 1 atom stereocenters. The Morgan fingerprint density at radius 1 is 1.59 bits per heavy atom. The Hall–Kier alpha value is -1.26. The normalized spacial score (nSPS) is 12.0. The van der Waals surface area contributed by atoms with Crippen molar-refractivity contribution in [1.82, 2.24) is 5.32 Å². The number of benzene rings is 1. The molecular weight excluding hydrogens is 240 g/mol. The summed E-state index contributed by atoms with van der Waals surface area (Å²) in [5.41, 5.74) is 6.40. The minimum atomic E-state index is -0.490. The lowest BCUT2D eigenvalue weighted by atomic mass is 10.1. The highest BCUT2D eigenvalue weighted by Crippen LogP contribution is 2.22. The molecule has 0 aliphatic carbocycles. The van der Waals surface area contributed by atoms with E-state index in [4.69, 9.17) is 22.1 Å². The zero-order valence-corrected chi connectivity index (χ0v) is 10.8. The Kier molecular flexibility index (Phi) is 5.25. The number of carbonyl (C=O) groups is 1. The lowest BCUT2D eigenvalue weighted by molar-refractivity contribution is -0.121. The molecule has 0 spiro atoms. The van der Waals surface area contributed by atoms with E-state index < -0.39 is 6.04 Å². The molecule has 1 rings (SSSR count). The minimum absolute atomic E-state index is 0.161. The summed E-state index contributed by atoms with van der Waals surface area (Å²) in [4.78, 5) is 11.3. The topological polar surface area (TPSA) is 64.3 Å². The van der Waals surface area contributed by atoms with E-state index in [0.29, 0.717) is 18.0 Å². The number of rotatable bonds is 5. The van der Waals surface area contributed by atoms with Gasteiger partial charge in [0.15, 0.2) is 0 Å². The molecule has 0 aliphatic rings. The van der Waals surface area contributed by atoms with Gasteiger partial charge in [-0.1, -0.05) is 11.6 Å². The number of hydrogen-bond acceptors (Lipinski definition) is 3. The smallest absolute Gasteiger partial charge is 0.236 e. The van der Waals surface area contributed by atoms with E-state index in [2.05, 4.69) is 5.32 Å². The maximum absolute atomic E-state index is 11.3. The van der Waals surface area contributed by atoms with E-state index in [-0.39, 0.29) is 5.91 Å². The molecule has 0 saturated heterocycles. The van der Waals surface area contributed by atoms with Gasteiger partial charge in [-0.25, -0.2) is 0 Å². The molecule has 94 valence electrons. The van der Waals surface area contributed by atoms with Crippen molar-refractivity contribution in [2.45, 2.75) is 19.4 Å². The van der Waals surface area contributed by atoms with Crippen LogP contribution >= 0.6 is 11.6 Å². The summed E-state index contributed by atoms with van der Waals surface area (Å²) >= 11 is 5.90. The second kappa shape index (κ2) is 6.47. The average Bonchev–Trinajstić information content (AvgIpc) is 2.29. The maximum Gasteiger partial charge on any atom is 0.236 e. The van der Waals surface area contributed by atoms with Gasteiger partial charge in [0, 0.05) is 11.6 Å². The average molecular weight is 257 g/mol. The van der Waals surface area contributed by atoms with Crippen LogP contribution in [0.2, 0.25) is 5.02 Å². The summed E-state index contributed by atoms with van der Waals surface area (Å²) in [6.45, 7) is 2.16. The van der Waals surface area contributed by atoms with Gasteiger partial charge >= 0.3 is 0 Å². The van der Waals surface area contributed by atoms with Gasteiger partial charge in [-0.3, -0.25) is 4.79 Å². The van der Waals surface area contributed by atoms with E-state index in [9.17, 15) is 4.79 Å². The predicted octanol–water partition coefficient (Wildman–Crippen LogP) is 1.35. The van der Waals surface area contributed by atoms with Crippen LogP contribution in [0.4, 0.5) is 0 Å². The number of ether oxygens (including phenoxy) is 1. The van der Waals surface area contributed by atoms with Gasteiger partial charge in [-0.05, 0) is 37.1 Å². The second-order valence-corrected chi connectivity index (χ2v) is 4.22. The number of carbonyl (C=O) groups excluding carboxylic acids is 1. The minimum Gasteiger partial charge on any atom is -0.496 e. The number of hydrogen-bond donors (Lipinski definition) is 2. The fourth-order valence-corrected chi connectivity index (χ4v) is 1.62. The third-order valence-corrected chi connectivity index (χ3v) is 2.58. The lowest BCUT2D eigenvalue weighted by Crippen LogP contribution is -2.39. The Labute approximate surface area is 106 Å². The molecule has 1 aromatic carbocycles. The summed E-state index contributed by atoms with van der Waals surface area (Å²) in [6, 6.07) is 4.92. The largest absolute Gasteiger partial charge is 0.496 e. The highest BCUT2D eigenvalue weighted by molar-refractivity contribution is 6.30. The van der Waals surface area contributed by atoms with Gasteiger partial charge in [0.2, 0.25) is 5.91 Å². The maximum atomic E-state index is 11.3. The molecule has 1 amide bonds. The molecule has 0 saturated carbocycles. The molecule has 1 aromatic rings. The predicted molar refractivity (Wildman–Crippen MR) is 68.4 cm³/mol. The van der Waals surface area contributed by atoms with Crippen LogP contribution < -0.4 is 15.8 Å². The van der Waals surface area contributed by atoms with Crippen molar-refractivity contribution in [1.29, 1.82) is 0 Å². The molecule has 0 aliphatic heterocycles. The third-order valence-electron chi connectivity index (χ3n) is 2.35. The molecular formula is C12H17ClN2O2. The van der Waals surface area contributed by atoms with Crippen LogP contribution in [-0.2, 0) is 11.2 Å². The first-order chi connectivity index (χ1) is 8.04. The standard InChI is InChI=1S/C12H17ClN2O2/c1-8(14)12(16)15-6-5-9-7-10(13)3-4-11(9)17-2/h3-4,7-8H,5-6,14H2,1-2H3,(H,15,16). The Balaban J connectivity index is 2.56. The van der Waals surface area contributed by atoms with Crippen molar-refractivity contribution in [3.63, 3.8) is 0 Å². The van der Waals surface area contributed by atoms with Crippen LogP contribution in [0.25, 0.3) is 0 Å². The Morgan fingerprint density at radius 2 is 2.29 bits per heavy atom. The zero-order chi connectivity index (χ0) is 12.8. The fraction of sp³-hybridized carbons (Fsp3) is 0.417. The Bertz CT molecular complexity index is 394. The van der Waals surface area contributed by atoms with E-state index in [1.54, 1.807) is 20.1 Å². The number of halogens is 1. The van der Waals surface area contributed by atoms with Gasteiger partial charge in [-0.15, -0.1) is 0 Å². The lowest BCUT2D eigenvalue weighted by Gasteiger charge is -2.10. The van der Waals surface area contributed by atoms with Crippen LogP contribution in [0.1, 0.15) is 12.5 Å². The summed E-state index contributed by atoms with van der Waals surface area (Å²) in [7, 11) is 1.60. The summed E-state index contributed by atoms with van der Waals surface area (Å²) in [5, 5.41) is 3.39. The van der Waals surface area contributed by atoms with Crippen molar-refractivity contribution in [2.24, 2.45) is 5.73 Å². The van der Waals surface area contributed by atoms with Crippen molar-refractivity contribution >= 4 is 17.5 Å². The molecule has 0 bridgehead atoms. The zero-order valence-electron chi connectivity index (χ0n) is 10.00. The number of nitrogens with one attached hydrogen (secondary N) is 1.